The van der Waals surface area contributed by atoms with Crippen LogP contribution in [-0.2, 0) is 6.42 Å². The second-order valence-corrected chi connectivity index (χ2v) is 5.12. The Kier molecular flexibility index (Phi) is 4.05. The van der Waals surface area contributed by atoms with Crippen LogP contribution in [0.15, 0.2) is 5.38 Å². The van der Waals surface area contributed by atoms with Crippen LogP contribution in [-0.4, -0.2) is 4.98 Å². The van der Waals surface area contributed by atoms with Gasteiger partial charge in [-0.25, -0.2) is 26.9 Å². The minimum atomic E-state index is -2.19. The van der Waals surface area contributed by atoms with E-state index in [0.29, 0.717) is 10.7 Å². The van der Waals surface area contributed by atoms with Crippen LogP contribution in [0.4, 0.5) is 22.0 Å². The molecule has 1 heterocycles. The molecule has 20 heavy (non-hydrogen) atoms. The third-order valence-corrected chi connectivity index (χ3v) is 3.66. The number of halogens is 5. The first-order chi connectivity index (χ1) is 9.32. The first-order valence-corrected chi connectivity index (χ1v) is 6.38. The van der Waals surface area contributed by atoms with Crippen molar-refractivity contribution in [3.63, 3.8) is 0 Å². The van der Waals surface area contributed by atoms with E-state index < -0.39 is 40.7 Å². The largest absolute Gasteiger partial charge is 0.323 e. The van der Waals surface area contributed by atoms with Crippen LogP contribution < -0.4 is 5.73 Å². The summed E-state index contributed by atoms with van der Waals surface area (Å²) in [5.74, 6) is -9.99. The number of aromatic nitrogens is 1. The molecule has 0 saturated carbocycles. The van der Waals surface area contributed by atoms with Crippen molar-refractivity contribution in [1.29, 1.82) is 0 Å². The van der Waals surface area contributed by atoms with Crippen LogP contribution in [0.3, 0.4) is 0 Å². The van der Waals surface area contributed by atoms with Crippen LogP contribution in [0.1, 0.15) is 22.3 Å². The molecule has 0 aliphatic carbocycles. The number of thiazole rings is 1. The van der Waals surface area contributed by atoms with Crippen molar-refractivity contribution in [2.75, 3.05) is 0 Å². The van der Waals surface area contributed by atoms with E-state index in [2.05, 4.69) is 4.98 Å². The van der Waals surface area contributed by atoms with E-state index in [1.165, 1.54) is 11.3 Å². The van der Waals surface area contributed by atoms with Gasteiger partial charge in [-0.15, -0.1) is 11.3 Å². The van der Waals surface area contributed by atoms with Crippen molar-refractivity contribution < 1.29 is 22.0 Å². The monoisotopic (exact) mass is 308 g/mol. The lowest BCUT2D eigenvalue weighted by Crippen LogP contribution is -2.20. The number of hydrogen-bond donors (Lipinski definition) is 1. The summed E-state index contributed by atoms with van der Waals surface area (Å²) in [5.41, 5.74) is 5.23. The molecule has 2 rings (SSSR count). The maximum Gasteiger partial charge on any atom is 0.200 e. The van der Waals surface area contributed by atoms with Crippen molar-refractivity contribution in [2.24, 2.45) is 5.73 Å². The Bertz CT molecular complexity index is 627. The van der Waals surface area contributed by atoms with Gasteiger partial charge in [-0.1, -0.05) is 0 Å². The molecule has 1 unspecified atom stereocenters. The van der Waals surface area contributed by atoms with E-state index in [0.717, 1.165) is 0 Å². The van der Waals surface area contributed by atoms with Crippen molar-refractivity contribution >= 4 is 11.3 Å². The quantitative estimate of drug-likeness (QED) is 0.536. The van der Waals surface area contributed by atoms with Gasteiger partial charge in [0, 0.05) is 29.1 Å². The number of aryl methyl sites for hydroxylation is 1. The molecule has 0 radical (unpaired) electrons. The van der Waals surface area contributed by atoms with E-state index >= 15 is 0 Å². The van der Waals surface area contributed by atoms with Gasteiger partial charge < -0.3 is 5.73 Å². The minimum absolute atomic E-state index is 0.114. The average Bonchev–Trinajstić information content (AvgIpc) is 2.79. The van der Waals surface area contributed by atoms with Gasteiger partial charge in [0.2, 0.25) is 5.82 Å². The van der Waals surface area contributed by atoms with E-state index in [1.54, 1.807) is 12.3 Å². The molecular weight excluding hydrogens is 299 g/mol. The van der Waals surface area contributed by atoms with E-state index in [4.69, 9.17) is 5.73 Å². The Morgan fingerprint density at radius 2 is 1.55 bits per heavy atom. The van der Waals surface area contributed by atoms with Crippen LogP contribution in [0, 0.1) is 36.0 Å². The highest BCUT2D eigenvalue weighted by atomic mass is 32.1. The lowest BCUT2D eigenvalue weighted by atomic mass is 10.0. The Morgan fingerprint density at radius 1 is 1.05 bits per heavy atom. The lowest BCUT2D eigenvalue weighted by molar-refractivity contribution is 0.363. The summed E-state index contributed by atoms with van der Waals surface area (Å²) in [6.07, 6.45) is -0.114. The summed E-state index contributed by atoms with van der Waals surface area (Å²) in [4.78, 5) is 4.03. The molecule has 8 heteroatoms. The lowest BCUT2D eigenvalue weighted by Gasteiger charge is -2.14. The zero-order valence-corrected chi connectivity index (χ0v) is 11.0. The Balaban J connectivity index is 2.42. The van der Waals surface area contributed by atoms with Gasteiger partial charge in [0.25, 0.3) is 0 Å². The smallest absolute Gasteiger partial charge is 0.200 e. The maximum absolute atomic E-state index is 13.5. The summed E-state index contributed by atoms with van der Waals surface area (Å²) in [6.45, 7) is 1.71. The molecule has 0 amide bonds. The van der Waals surface area contributed by atoms with Gasteiger partial charge in [0.1, 0.15) is 0 Å². The van der Waals surface area contributed by atoms with Crippen LogP contribution in [0.5, 0.6) is 0 Å². The predicted molar refractivity (Wildman–Crippen MR) is 63.7 cm³/mol. The van der Waals surface area contributed by atoms with Crippen molar-refractivity contribution in [2.45, 2.75) is 19.4 Å². The van der Waals surface area contributed by atoms with Gasteiger partial charge in [-0.05, 0) is 6.92 Å². The average molecular weight is 308 g/mol. The molecule has 1 atom stereocenters. The number of nitrogens with two attached hydrogens (primary N) is 1. The number of nitrogens with zero attached hydrogens (tertiary/aromatic N) is 1. The molecule has 1 aromatic heterocycles. The molecule has 0 saturated heterocycles. The highest BCUT2D eigenvalue weighted by Gasteiger charge is 2.29. The van der Waals surface area contributed by atoms with Crippen LogP contribution in [0.2, 0.25) is 0 Å². The number of benzene rings is 1. The third kappa shape index (κ3) is 2.53. The zero-order chi connectivity index (χ0) is 15.0. The molecule has 2 N–H and O–H groups in total. The maximum atomic E-state index is 13.5. The van der Waals surface area contributed by atoms with Gasteiger partial charge in [0.05, 0.1) is 5.01 Å². The van der Waals surface area contributed by atoms with E-state index in [1.807, 2.05) is 0 Å². The zero-order valence-electron chi connectivity index (χ0n) is 10.2. The van der Waals surface area contributed by atoms with E-state index in [9.17, 15) is 22.0 Å². The fourth-order valence-electron chi connectivity index (χ4n) is 1.73. The first kappa shape index (κ1) is 14.9. The predicted octanol–water partition coefficient (Wildman–Crippen LogP) is 3.39. The van der Waals surface area contributed by atoms with Crippen molar-refractivity contribution in [3.05, 3.63) is 50.7 Å². The Hall–Kier alpha value is -1.54. The fourth-order valence-corrected chi connectivity index (χ4v) is 2.57. The van der Waals surface area contributed by atoms with Gasteiger partial charge in [0.15, 0.2) is 23.3 Å². The highest BCUT2D eigenvalue weighted by molar-refractivity contribution is 7.09. The van der Waals surface area contributed by atoms with Gasteiger partial charge >= 0.3 is 0 Å². The van der Waals surface area contributed by atoms with Gasteiger partial charge in [-0.3, -0.25) is 0 Å². The molecule has 2 aromatic rings. The van der Waals surface area contributed by atoms with Crippen molar-refractivity contribution in [1.82, 2.24) is 4.98 Å². The molecule has 1 aromatic carbocycles. The topological polar surface area (TPSA) is 38.9 Å². The first-order valence-electron chi connectivity index (χ1n) is 5.50. The van der Waals surface area contributed by atoms with Crippen molar-refractivity contribution in [3.8, 4) is 0 Å². The number of hydrogen-bond acceptors (Lipinski definition) is 3. The fraction of sp³-hybridized carbons (Fsp3) is 0.250. The Morgan fingerprint density at radius 3 is 2.00 bits per heavy atom. The molecule has 0 fully saturated rings. The van der Waals surface area contributed by atoms with Crippen LogP contribution >= 0.6 is 11.3 Å². The number of rotatable bonds is 3. The van der Waals surface area contributed by atoms with E-state index in [-0.39, 0.29) is 6.42 Å². The van der Waals surface area contributed by atoms with Gasteiger partial charge in [-0.2, -0.15) is 0 Å². The molecule has 0 spiro atoms. The molecule has 0 aliphatic heterocycles. The normalized spacial score (nSPS) is 12.8. The summed E-state index contributed by atoms with van der Waals surface area (Å²) >= 11 is 1.20. The molecule has 0 aliphatic rings. The third-order valence-electron chi connectivity index (χ3n) is 2.68. The molecular formula is C12H9F5N2S. The summed E-state index contributed by atoms with van der Waals surface area (Å²) in [6, 6.07) is -1.37. The standard InChI is InChI=1S/C12H9F5N2S/c1-4-3-20-6(19-4)2-5(18)7-8(13)10(15)12(17)11(16)9(7)14/h3,5H,2,18H2,1H3. The second kappa shape index (κ2) is 5.45. The second-order valence-electron chi connectivity index (χ2n) is 4.18. The highest BCUT2D eigenvalue weighted by Crippen LogP contribution is 2.28. The molecule has 0 bridgehead atoms. The molecule has 108 valence electrons. The summed E-state index contributed by atoms with van der Waals surface area (Å²) in [7, 11) is 0. The van der Waals surface area contributed by atoms with Crippen LogP contribution in [0.25, 0.3) is 0 Å². The Labute approximate surface area is 115 Å². The summed E-state index contributed by atoms with van der Waals surface area (Å²) in [5, 5.41) is 2.15. The summed E-state index contributed by atoms with van der Waals surface area (Å²) < 4.78 is 66.2. The SMILES string of the molecule is Cc1csc(CC(N)c2c(F)c(F)c(F)c(F)c2F)n1. The minimum Gasteiger partial charge on any atom is -0.323 e. The molecule has 2 nitrogen and oxygen atoms in total.